The van der Waals surface area contributed by atoms with Crippen LogP contribution in [0.4, 0.5) is 24.5 Å². The molecule has 0 saturated heterocycles. The number of aromatic amines is 1. The molecule has 0 aliphatic carbocycles. The van der Waals surface area contributed by atoms with Gasteiger partial charge >= 0.3 is 11.0 Å². The van der Waals surface area contributed by atoms with E-state index in [9.17, 15) is 18.0 Å². The number of aromatic nitrogens is 1. The van der Waals surface area contributed by atoms with Gasteiger partial charge in [0.25, 0.3) is 0 Å². The van der Waals surface area contributed by atoms with E-state index in [1.807, 2.05) is 0 Å². The van der Waals surface area contributed by atoms with Crippen LogP contribution in [0, 0.1) is 0 Å². The molecular formula is C11H10F3N3OS. The third kappa shape index (κ3) is 3.28. The number of benzene rings is 1. The molecule has 2 rings (SSSR count). The lowest BCUT2D eigenvalue weighted by Gasteiger charge is -2.12. The highest BCUT2D eigenvalue weighted by Crippen LogP contribution is 2.35. The van der Waals surface area contributed by atoms with Crippen molar-refractivity contribution in [2.24, 2.45) is 0 Å². The zero-order chi connectivity index (χ0) is 14.0. The largest absolute Gasteiger partial charge is 0.418 e. The Morgan fingerprint density at radius 2 is 2.11 bits per heavy atom. The van der Waals surface area contributed by atoms with Crippen LogP contribution in [0.5, 0.6) is 0 Å². The van der Waals surface area contributed by atoms with Gasteiger partial charge < -0.3 is 16.0 Å². The maximum absolute atomic E-state index is 12.6. The highest BCUT2D eigenvalue weighted by Gasteiger charge is 2.33. The fraction of sp³-hybridized carbons (Fsp3) is 0.182. The monoisotopic (exact) mass is 289 g/mol. The van der Waals surface area contributed by atoms with Gasteiger partial charge in [-0.3, -0.25) is 4.79 Å². The lowest BCUT2D eigenvalue weighted by atomic mass is 10.1. The van der Waals surface area contributed by atoms with Gasteiger partial charge in [-0.25, -0.2) is 0 Å². The Balaban J connectivity index is 2.15. The normalized spacial score (nSPS) is 11.5. The minimum absolute atomic E-state index is 0.204. The van der Waals surface area contributed by atoms with Gasteiger partial charge in [0, 0.05) is 22.4 Å². The van der Waals surface area contributed by atoms with Gasteiger partial charge in [0.15, 0.2) is 0 Å². The number of rotatable bonds is 3. The molecule has 0 saturated carbocycles. The van der Waals surface area contributed by atoms with Crippen molar-refractivity contribution in [3.8, 4) is 0 Å². The zero-order valence-electron chi connectivity index (χ0n) is 9.54. The summed E-state index contributed by atoms with van der Waals surface area (Å²) in [6.45, 7) is 0.236. The summed E-state index contributed by atoms with van der Waals surface area (Å²) in [7, 11) is 0. The number of thiazole rings is 1. The van der Waals surface area contributed by atoms with Crippen molar-refractivity contribution in [1.29, 1.82) is 0 Å². The van der Waals surface area contributed by atoms with Gasteiger partial charge in [0.1, 0.15) is 0 Å². The number of nitrogen functional groups attached to an aromatic ring is 1. The average Bonchev–Trinajstić information content (AvgIpc) is 2.72. The summed E-state index contributed by atoms with van der Waals surface area (Å²) in [5, 5.41) is 4.40. The van der Waals surface area contributed by atoms with Crippen LogP contribution in [0.15, 0.2) is 28.4 Å². The summed E-state index contributed by atoms with van der Waals surface area (Å²) < 4.78 is 37.9. The minimum Gasteiger partial charge on any atom is -0.398 e. The summed E-state index contributed by atoms with van der Waals surface area (Å²) >= 11 is 0.998. The predicted molar refractivity (Wildman–Crippen MR) is 68.1 cm³/mol. The van der Waals surface area contributed by atoms with Crippen LogP contribution in [0.3, 0.4) is 0 Å². The van der Waals surface area contributed by atoms with Crippen molar-refractivity contribution in [3.05, 3.63) is 44.5 Å². The van der Waals surface area contributed by atoms with Gasteiger partial charge in [0.05, 0.1) is 12.1 Å². The molecular weight excluding hydrogens is 279 g/mol. The molecule has 1 aromatic heterocycles. The summed E-state index contributed by atoms with van der Waals surface area (Å²) in [4.78, 5) is 13.3. The van der Waals surface area contributed by atoms with E-state index in [0.717, 1.165) is 17.4 Å². The smallest absolute Gasteiger partial charge is 0.398 e. The first-order valence-electron chi connectivity index (χ1n) is 5.23. The molecule has 8 heteroatoms. The van der Waals surface area contributed by atoms with E-state index < -0.39 is 11.7 Å². The Hall–Kier alpha value is -1.96. The number of halogens is 3. The number of hydrogen-bond donors (Lipinski definition) is 3. The molecule has 0 spiro atoms. The van der Waals surface area contributed by atoms with Crippen LogP contribution in [0.1, 0.15) is 11.3 Å². The summed E-state index contributed by atoms with van der Waals surface area (Å²) in [5.41, 5.74) is 4.99. The third-order valence-electron chi connectivity index (χ3n) is 2.41. The molecule has 0 unspecified atom stereocenters. The SMILES string of the molecule is Nc1ccc(NCc2csc(=O)[nH]2)cc1C(F)(F)F. The highest BCUT2D eigenvalue weighted by atomic mass is 32.1. The number of hydrogen-bond acceptors (Lipinski definition) is 4. The second kappa shape index (κ2) is 4.96. The van der Waals surface area contributed by atoms with E-state index in [-0.39, 0.29) is 22.8 Å². The molecule has 0 bridgehead atoms. The van der Waals surface area contributed by atoms with Crippen molar-refractivity contribution < 1.29 is 13.2 Å². The van der Waals surface area contributed by atoms with E-state index in [1.54, 1.807) is 5.38 Å². The first-order valence-corrected chi connectivity index (χ1v) is 6.11. The first kappa shape index (κ1) is 13.5. The fourth-order valence-electron chi connectivity index (χ4n) is 1.51. The topological polar surface area (TPSA) is 70.9 Å². The van der Waals surface area contributed by atoms with Crippen LogP contribution < -0.4 is 15.9 Å². The van der Waals surface area contributed by atoms with Crippen molar-refractivity contribution in [2.45, 2.75) is 12.7 Å². The number of alkyl halides is 3. The Morgan fingerprint density at radius 3 is 2.68 bits per heavy atom. The Morgan fingerprint density at radius 1 is 1.37 bits per heavy atom. The first-order chi connectivity index (χ1) is 8.86. The fourth-order valence-corrected chi connectivity index (χ4v) is 2.09. The second-order valence-corrected chi connectivity index (χ2v) is 4.67. The Kier molecular flexibility index (Phi) is 3.52. The molecule has 0 fully saturated rings. The standard InChI is InChI=1S/C11H10F3N3OS/c12-11(13,14)8-3-6(1-2-9(8)15)16-4-7-5-19-10(18)17-7/h1-3,5,16H,4,15H2,(H,17,18). The lowest BCUT2D eigenvalue weighted by molar-refractivity contribution is -0.136. The van der Waals surface area contributed by atoms with Crippen molar-refractivity contribution in [2.75, 3.05) is 11.1 Å². The zero-order valence-corrected chi connectivity index (χ0v) is 10.4. The molecule has 19 heavy (non-hydrogen) atoms. The highest BCUT2D eigenvalue weighted by molar-refractivity contribution is 7.07. The maximum atomic E-state index is 12.6. The van der Waals surface area contributed by atoms with Crippen molar-refractivity contribution in [1.82, 2.24) is 4.98 Å². The lowest BCUT2D eigenvalue weighted by Crippen LogP contribution is -2.10. The van der Waals surface area contributed by atoms with Crippen LogP contribution >= 0.6 is 11.3 Å². The second-order valence-electron chi connectivity index (χ2n) is 3.83. The van der Waals surface area contributed by atoms with Crippen LogP contribution in [-0.2, 0) is 12.7 Å². The molecule has 2 aromatic rings. The number of H-pyrrole nitrogens is 1. The summed E-state index contributed by atoms with van der Waals surface area (Å²) in [5.74, 6) is 0. The van der Waals surface area contributed by atoms with Crippen LogP contribution in [0.25, 0.3) is 0 Å². The molecule has 4 nitrogen and oxygen atoms in total. The van der Waals surface area contributed by atoms with Crippen LogP contribution in [0.2, 0.25) is 0 Å². The molecule has 4 N–H and O–H groups in total. The van der Waals surface area contributed by atoms with E-state index in [0.29, 0.717) is 5.69 Å². The molecule has 0 radical (unpaired) electrons. The Bertz CT molecular complexity index is 633. The van der Waals surface area contributed by atoms with Gasteiger partial charge in [-0.1, -0.05) is 11.3 Å². The van der Waals surface area contributed by atoms with Crippen molar-refractivity contribution >= 4 is 22.7 Å². The molecule has 1 heterocycles. The van der Waals surface area contributed by atoms with E-state index in [1.165, 1.54) is 12.1 Å². The average molecular weight is 289 g/mol. The Labute approximate surface area is 110 Å². The molecule has 0 aliphatic rings. The van der Waals surface area contributed by atoms with E-state index in [4.69, 9.17) is 5.73 Å². The molecule has 102 valence electrons. The van der Waals surface area contributed by atoms with Gasteiger partial charge in [-0.05, 0) is 18.2 Å². The maximum Gasteiger partial charge on any atom is 0.418 e. The summed E-state index contributed by atoms with van der Waals surface area (Å²) in [6, 6.07) is 3.59. The van der Waals surface area contributed by atoms with E-state index in [2.05, 4.69) is 10.3 Å². The van der Waals surface area contributed by atoms with Crippen LogP contribution in [-0.4, -0.2) is 4.98 Å². The van der Waals surface area contributed by atoms with Crippen molar-refractivity contribution in [3.63, 3.8) is 0 Å². The molecule has 0 aliphatic heterocycles. The number of nitrogens with one attached hydrogen (secondary N) is 2. The van der Waals surface area contributed by atoms with Gasteiger partial charge in [0.2, 0.25) is 0 Å². The van der Waals surface area contributed by atoms with E-state index >= 15 is 0 Å². The molecule has 1 aromatic carbocycles. The number of anilines is 2. The third-order valence-corrected chi connectivity index (χ3v) is 3.13. The van der Waals surface area contributed by atoms with Gasteiger partial charge in [-0.2, -0.15) is 13.2 Å². The quantitative estimate of drug-likeness (QED) is 0.761. The molecule has 0 atom stereocenters. The summed E-state index contributed by atoms with van der Waals surface area (Å²) in [6.07, 6.45) is -4.49. The molecule has 0 amide bonds. The number of nitrogens with two attached hydrogens (primary N) is 1. The minimum atomic E-state index is -4.49. The van der Waals surface area contributed by atoms with Gasteiger partial charge in [-0.15, -0.1) is 0 Å². The predicted octanol–water partition coefficient (Wildman–Crippen LogP) is 2.65.